The van der Waals surface area contributed by atoms with Crippen LogP contribution in [0.2, 0.25) is 10.0 Å². The summed E-state index contributed by atoms with van der Waals surface area (Å²) in [5, 5.41) is 4.15. The molecule has 4 aromatic carbocycles. The Morgan fingerprint density at radius 1 is 0.390 bits per heavy atom. The molecule has 0 spiro atoms. The SMILES string of the molecule is CCCCCCCCOc1c(C)c(-c2ccc(-c3cc(F)c(-c4ccc(-c5c(OCCCCCCCC)c(C)c(-c6cc7c(-c8cc(Cl)c(CC(CCCC)CCCC)s8)c8sc(C)cc8c(-c8cc(Cl)c(CC(CC)CCCC)s8)c7s6)c6nsnc56)s4)cc3F)s2)c2nsnc2c1C. The zero-order chi connectivity index (χ0) is 70.1. The lowest BCUT2D eigenvalue weighted by Gasteiger charge is -2.17. The number of hydrogen-bond donors (Lipinski definition) is 0. The van der Waals surface area contributed by atoms with Gasteiger partial charge in [-0.2, -0.15) is 17.5 Å². The van der Waals surface area contributed by atoms with Crippen LogP contribution in [0.4, 0.5) is 8.78 Å². The zero-order valence-electron chi connectivity index (χ0n) is 59.7. The molecule has 530 valence electrons. The summed E-state index contributed by atoms with van der Waals surface area (Å²) in [7, 11) is 0. The molecule has 0 amide bonds. The van der Waals surface area contributed by atoms with Crippen molar-refractivity contribution < 1.29 is 18.3 Å². The number of aryl methyl sites for hydroxylation is 2. The van der Waals surface area contributed by atoms with Crippen LogP contribution in [-0.4, -0.2) is 30.7 Å². The molecular weight excluding hydrogens is 1440 g/mol. The highest BCUT2D eigenvalue weighted by Crippen LogP contribution is 2.57. The van der Waals surface area contributed by atoms with Crippen LogP contribution in [0.15, 0.2) is 60.7 Å². The summed E-state index contributed by atoms with van der Waals surface area (Å²) in [6.07, 6.45) is 27.7. The second-order valence-corrected chi connectivity index (χ2v) is 36.0. The van der Waals surface area contributed by atoms with Crippen LogP contribution in [0.1, 0.15) is 214 Å². The molecular formula is C82H94Cl2F2N4O2S8. The molecule has 1 unspecified atom stereocenters. The van der Waals surface area contributed by atoms with E-state index in [1.54, 1.807) is 0 Å². The number of thiophene rings is 6. The number of unbranched alkanes of at least 4 members (excludes halogenated alkanes) is 13. The van der Waals surface area contributed by atoms with E-state index in [9.17, 15) is 0 Å². The average molecular weight is 1530 g/mol. The predicted octanol–water partition coefficient (Wildman–Crippen LogP) is 30.6. The maximum atomic E-state index is 17.1. The average Bonchev–Trinajstić information content (AvgIpc) is 1.54. The molecule has 0 radical (unpaired) electrons. The van der Waals surface area contributed by atoms with Crippen molar-refractivity contribution >= 4 is 157 Å². The van der Waals surface area contributed by atoms with Gasteiger partial charge in [-0.05, 0) is 126 Å². The molecule has 8 heterocycles. The molecule has 8 aromatic heterocycles. The highest BCUT2D eigenvalue weighted by molar-refractivity contribution is 7.25. The van der Waals surface area contributed by atoms with E-state index in [4.69, 9.17) is 50.2 Å². The van der Waals surface area contributed by atoms with Crippen molar-refractivity contribution in [1.82, 2.24) is 17.5 Å². The van der Waals surface area contributed by atoms with Crippen molar-refractivity contribution in [3.8, 4) is 84.6 Å². The Morgan fingerprint density at radius 3 is 1.36 bits per heavy atom. The summed E-state index contributed by atoms with van der Waals surface area (Å²) < 4.78 is 70.1. The van der Waals surface area contributed by atoms with Gasteiger partial charge >= 0.3 is 0 Å². The Labute approximate surface area is 633 Å². The third-order valence-corrected chi connectivity index (χ3v) is 28.9. The van der Waals surface area contributed by atoms with Crippen molar-refractivity contribution in [2.45, 2.75) is 223 Å². The number of hydrogen-bond acceptors (Lipinski definition) is 14. The number of benzene rings is 4. The Balaban J connectivity index is 0.947. The van der Waals surface area contributed by atoms with E-state index in [1.807, 2.05) is 76.5 Å². The molecule has 0 fully saturated rings. The topological polar surface area (TPSA) is 70.0 Å². The van der Waals surface area contributed by atoms with E-state index >= 15 is 8.78 Å². The smallest absolute Gasteiger partial charge is 0.133 e. The summed E-state index contributed by atoms with van der Waals surface area (Å²) in [6.45, 7) is 23.3. The first-order chi connectivity index (χ1) is 48.7. The number of halogens is 4. The molecule has 0 aliphatic carbocycles. The van der Waals surface area contributed by atoms with E-state index in [1.165, 1.54) is 217 Å². The molecule has 0 saturated heterocycles. The number of fused-ring (bicyclic) bond motifs is 4. The quantitative estimate of drug-likeness (QED) is 0.0361. The van der Waals surface area contributed by atoms with Crippen LogP contribution in [0.3, 0.4) is 0 Å². The molecule has 18 heteroatoms. The second-order valence-electron chi connectivity index (χ2n) is 27.4. The van der Waals surface area contributed by atoms with Gasteiger partial charge in [-0.15, -0.1) is 68.0 Å². The van der Waals surface area contributed by atoms with Gasteiger partial charge in [0.15, 0.2) is 0 Å². The van der Waals surface area contributed by atoms with E-state index in [-0.39, 0.29) is 11.1 Å². The van der Waals surface area contributed by atoms with Crippen molar-refractivity contribution in [2.75, 3.05) is 13.2 Å². The summed E-state index contributed by atoms with van der Waals surface area (Å²) in [5.41, 5.74) is 11.6. The maximum Gasteiger partial charge on any atom is 0.133 e. The fourth-order valence-electron chi connectivity index (χ4n) is 14.5. The first kappa shape index (κ1) is 75.0. The molecule has 12 aromatic rings. The molecule has 0 saturated carbocycles. The molecule has 1 atom stereocenters. The van der Waals surface area contributed by atoms with Gasteiger partial charge in [-0.25, -0.2) is 8.78 Å². The van der Waals surface area contributed by atoms with Gasteiger partial charge in [0.2, 0.25) is 0 Å². The summed E-state index contributed by atoms with van der Waals surface area (Å²) in [5.74, 6) is 1.73. The van der Waals surface area contributed by atoms with Crippen LogP contribution >= 0.6 is 115 Å². The normalized spacial score (nSPS) is 12.4. The Hall–Kier alpha value is -4.72. The minimum absolute atomic E-state index is 0.196. The largest absolute Gasteiger partial charge is 0.493 e. The van der Waals surface area contributed by atoms with Gasteiger partial charge in [0.05, 0.1) is 52.3 Å². The number of ether oxygens (including phenoxy) is 2. The number of rotatable bonds is 37. The zero-order valence-corrected chi connectivity index (χ0v) is 67.7. The van der Waals surface area contributed by atoms with E-state index < -0.39 is 11.6 Å². The van der Waals surface area contributed by atoms with Crippen molar-refractivity contribution in [2.24, 2.45) is 11.8 Å². The van der Waals surface area contributed by atoms with Crippen molar-refractivity contribution in [3.05, 3.63) is 114 Å². The lowest BCUT2D eigenvalue weighted by atomic mass is 9.92. The first-order valence-corrected chi connectivity index (χ1v) is 43.9. The molecule has 0 N–H and O–H groups in total. The molecule has 0 aliphatic rings. The minimum Gasteiger partial charge on any atom is -0.493 e. The van der Waals surface area contributed by atoms with E-state index in [0.29, 0.717) is 34.8 Å². The summed E-state index contributed by atoms with van der Waals surface area (Å²) in [6, 6.07) is 19.8. The third kappa shape index (κ3) is 16.2. The fourth-order valence-corrected chi connectivity index (χ4v) is 23.6. The lowest BCUT2D eigenvalue weighted by molar-refractivity contribution is 0.301. The van der Waals surface area contributed by atoms with Crippen LogP contribution < -0.4 is 9.47 Å². The summed E-state index contributed by atoms with van der Waals surface area (Å²) >= 11 is 27.5. The molecule has 0 aliphatic heterocycles. The molecule has 12 rings (SSSR count). The van der Waals surface area contributed by atoms with Gasteiger partial charge in [-0.1, -0.05) is 193 Å². The van der Waals surface area contributed by atoms with E-state index in [2.05, 4.69) is 86.6 Å². The maximum absolute atomic E-state index is 17.1. The highest BCUT2D eigenvalue weighted by atomic mass is 35.5. The Morgan fingerprint density at radius 2 is 0.810 bits per heavy atom. The first-order valence-electron chi connectivity index (χ1n) is 36.8. The van der Waals surface area contributed by atoms with Gasteiger partial charge in [0.25, 0.3) is 0 Å². The molecule has 100 heavy (non-hydrogen) atoms. The monoisotopic (exact) mass is 1530 g/mol. The second kappa shape index (κ2) is 34.9. The van der Waals surface area contributed by atoms with Crippen molar-refractivity contribution in [1.29, 1.82) is 0 Å². The fraction of sp³-hybridized carbons (Fsp3) is 0.463. The van der Waals surface area contributed by atoms with Crippen LogP contribution in [0.5, 0.6) is 11.5 Å². The highest BCUT2D eigenvalue weighted by Gasteiger charge is 2.31. The van der Waals surface area contributed by atoms with Crippen LogP contribution in [0.25, 0.3) is 115 Å². The third-order valence-electron chi connectivity index (χ3n) is 20.1. The van der Waals surface area contributed by atoms with Crippen molar-refractivity contribution in [3.63, 3.8) is 0 Å². The van der Waals surface area contributed by atoms with Gasteiger partial charge < -0.3 is 9.47 Å². The standard InChI is InChI=1S/C82H94Cl2F2N4O2S8/c1-11-17-22-24-26-28-37-91-79-48(8)70(76-75(50(79)10)87-99-88-76)63-35-33-61(94-63)53-42-60(86)54(43-59(53)85)62-34-36-64(95-62)74-78-77(89-100-90-78)71(49(9)80(74)92-38-29-27-25-23-18-12-2)67-44-56-73(69-46-58(84)66(97-69)41-52(31-20-14-4)32-21-15-5)81-55(39-47(7)93-81)72(82(56)98-67)68-45-57(83)65(96-68)40-51(16-6)30-19-13-3/h33-36,39,42-46,51-52H,11-32,37-38,40-41H2,1-10H3. The molecule has 0 bridgehead atoms. The number of nitrogens with zero attached hydrogens (tertiary/aromatic N) is 4. The van der Waals surface area contributed by atoms with Crippen LogP contribution in [-0.2, 0) is 12.8 Å². The van der Waals surface area contributed by atoms with E-state index in [0.717, 1.165) is 143 Å². The summed E-state index contributed by atoms with van der Waals surface area (Å²) in [4.78, 5) is 10.2. The minimum atomic E-state index is -0.504. The van der Waals surface area contributed by atoms with Gasteiger partial charge in [-0.3, -0.25) is 0 Å². The van der Waals surface area contributed by atoms with Crippen LogP contribution in [0, 0.1) is 51.2 Å². The number of aromatic nitrogens is 4. The Kier molecular flexibility index (Phi) is 26.2. The van der Waals surface area contributed by atoms with Gasteiger partial charge in [0.1, 0.15) is 45.2 Å². The molecule has 6 nitrogen and oxygen atoms in total. The predicted molar refractivity (Wildman–Crippen MR) is 439 cm³/mol. The Bertz CT molecular complexity index is 4760. The lowest BCUT2D eigenvalue weighted by Crippen LogP contribution is -2.04. The van der Waals surface area contributed by atoms with Gasteiger partial charge in [0, 0.05) is 119 Å².